The summed E-state index contributed by atoms with van der Waals surface area (Å²) in [7, 11) is -0.974. The molecule has 0 radical (unpaired) electrons. The van der Waals surface area contributed by atoms with Crippen LogP contribution >= 0.6 is 0 Å². The van der Waals surface area contributed by atoms with Crippen LogP contribution in [0.2, 0.25) is 0 Å². The van der Waals surface area contributed by atoms with E-state index in [1.54, 1.807) is 23.6 Å². The number of allylic oxidation sites excluding steroid dienone is 1. The van der Waals surface area contributed by atoms with Crippen molar-refractivity contribution in [3.63, 3.8) is 0 Å². The highest BCUT2D eigenvalue weighted by Gasteiger charge is 2.27. The molecule has 0 spiro atoms. The summed E-state index contributed by atoms with van der Waals surface area (Å²) in [6.45, 7) is 4.15. The lowest BCUT2D eigenvalue weighted by molar-refractivity contribution is 0.412. The molecule has 1 aliphatic rings. The van der Waals surface area contributed by atoms with E-state index in [4.69, 9.17) is 5.73 Å². The van der Waals surface area contributed by atoms with E-state index in [9.17, 15) is 9.32 Å². The van der Waals surface area contributed by atoms with E-state index in [0.29, 0.717) is 17.1 Å². The van der Waals surface area contributed by atoms with E-state index in [2.05, 4.69) is 19.2 Å². The van der Waals surface area contributed by atoms with Gasteiger partial charge in [0, 0.05) is 27.7 Å². The first-order chi connectivity index (χ1) is 8.37. The summed E-state index contributed by atoms with van der Waals surface area (Å²) < 4.78 is 11.8. The second-order valence-electron chi connectivity index (χ2n) is 5.38. The number of phenolic OH excluding ortho intramolecular Hbond substituents is 1. The van der Waals surface area contributed by atoms with E-state index >= 15 is 0 Å². The second-order valence-corrected chi connectivity index (χ2v) is 6.66. The number of aromatic hydroxyl groups is 1. The van der Waals surface area contributed by atoms with Crippen LogP contribution in [-0.4, -0.2) is 15.1 Å². The molecule has 1 atom stereocenters. The van der Waals surface area contributed by atoms with Crippen LogP contribution in [0.3, 0.4) is 0 Å². The number of nitrogens with two attached hydrogens (primary N) is 1. The summed E-state index contributed by atoms with van der Waals surface area (Å²) in [5, 5.41) is 14.6. The first-order valence-electron chi connectivity index (χ1n) is 5.80. The molecule has 18 heavy (non-hydrogen) atoms. The largest absolute Gasteiger partial charge is 0.506 e. The summed E-state index contributed by atoms with van der Waals surface area (Å²) in [5.41, 5.74) is 7.61. The summed E-state index contributed by atoms with van der Waals surface area (Å²) in [6, 6.07) is 4.98. The highest BCUT2D eigenvalue weighted by atomic mass is 32.2. The van der Waals surface area contributed by atoms with Gasteiger partial charge >= 0.3 is 0 Å². The third-order valence-corrected chi connectivity index (χ3v) is 4.45. The number of hydrogen-bond acceptors (Lipinski definition) is 4. The molecule has 1 aromatic rings. The first kappa shape index (κ1) is 13.0. The van der Waals surface area contributed by atoms with E-state index in [1.165, 1.54) is 0 Å². The van der Waals surface area contributed by atoms with Crippen molar-refractivity contribution in [3.05, 3.63) is 29.3 Å². The van der Waals surface area contributed by atoms with Crippen LogP contribution in [0.25, 0.3) is 0 Å². The Kier molecular flexibility index (Phi) is 3.34. The Balaban J connectivity index is 2.27. The number of nitrogens with one attached hydrogen (secondary N) is 1. The van der Waals surface area contributed by atoms with Crippen LogP contribution in [0, 0.1) is 5.41 Å². The fourth-order valence-electron chi connectivity index (χ4n) is 2.12. The van der Waals surface area contributed by atoms with Gasteiger partial charge in [-0.2, -0.15) is 0 Å². The highest BCUT2D eigenvalue weighted by Crippen LogP contribution is 2.35. The molecule has 0 amide bonds. The molecule has 0 aromatic heterocycles. The van der Waals surface area contributed by atoms with Gasteiger partial charge in [0.05, 0.1) is 5.69 Å². The fourth-order valence-corrected chi connectivity index (χ4v) is 3.54. The highest BCUT2D eigenvalue weighted by molar-refractivity contribution is 7.88. The summed E-state index contributed by atoms with van der Waals surface area (Å²) in [4.78, 5) is 0. The monoisotopic (exact) mass is 266 g/mol. The van der Waals surface area contributed by atoms with Crippen LogP contribution in [-0.2, 0) is 10.8 Å². The average molecular weight is 266 g/mol. The molecule has 0 saturated heterocycles. The van der Waals surface area contributed by atoms with Crippen molar-refractivity contribution in [1.82, 2.24) is 0 Å². The third kappa shape index (κ3) is 2.85. The first-order valence-corrected chi connectivity index (χ1v) is 7.18. The third-order valence-electron chi connectivity index (χ3n) is 2.84. The number of rotatable bonds is 2. The Morgan fingerprint density at radius 3 is 2.78 bits per heavy atom. The van der Waals surface area contributed by atoms with Crippen LogP contribution in [0.1, 0.15) is 20.3 Å². The number of phenols is 1. The van der Waals surface area contributed by atoms with Crippen LogP contribution < -0.4 is 11.1 Å². The molecule has 1 aromatic carbocycles. The quantitative estimate of drug-likeness (QED) is 0.567. The van der Waals surface area contributed by atoms with Crippen LogP contribution in [0.15, 0.2) is 29.3 Å². The van der Waals surface area contributed by atoms with E-state index in [1.807, 2.05) is 0 Å². The van der Waals surface area contributed by atoms with Crippen molar-refractivity contribution in [2.45, 2.75) is 20.3 Å². The van der Waals surface area contributed by atoms with Crippen molar-refractivity contribution in [1.29, 1.82) is 0 Å². The predicted octanol–water partition coefficient (Wildman–Crippen LogP) is 2.41. The molecule has 0 bridgehead atoms. The molecular formula is C13H18N2O2S. The fraction of sp³-hybridized carbons (Fsp3) is 0.385. The molecule has 0 saturated carbocycles. The Labute approximate surface area is 109 Å². The molecule has 1 unspecified atom stereocenters. The Morgan fingerprint density at radius 2 is 2.17 bits per heavy atom. The maximum absolute atomic E-state index is 11.8. The molecule has 4 nitrogen and oxygen atoms in total. The smallest absolute Gasteiger partial charge is 0.141 e. The molecular weight excluding hydrogens is 248 g/mol. The summed E-state index contributed by atoms with van der Waals surface area (Å²) in [5.74, 6) is 0.763. The molecule has 1 aliphatic heterocycles. The number of nitrogen functional groups attached to an aromatic ring is 1. The molecule has 0 aliphatic carbocycles. The van der Waals surface area contributed by atoms with E-state index < -0.39 is 10.8 Å². The number of hydrogen-bond donors (Lipinski definition) is 3. The zero-order chi connectivity index (χ0) is 13.3. The van der Waals surface area contributed by atoms with Gasteiger partial charge in [-0.05, 0) is 24.0 Å². The zero-order valence-corrected chi connectivity index (χ0v) is 11.4. The molecule has 5 heteroatoms. The van der Waals surface area contributed by atoms with Crippen molar-refractivity contribution < 1.29 is 9.32 Å². The molecule has 98 valence electrons. The standard InChI is InChI=1S/C13H18N2O2S/c1-13(2)6-9(7-18(17)8-13)15-12-10(14)4-3-5-11(12)16/h3-5,7,15-16H,6,8,14H2,1-2H3. The summed E-state index contributed by atoms with van der Waals surface area (Å²) >= 11 is 0. The maximum atomic E-state index is 11.8. The number of anilines is 2. The van der Waals surface area contributed by atoms with Gasteiger partial charge in [-0.1, -0.05) is 19.9 Å². The second kappa shape index (κ2) is 4.65. The molecule has 2 rings (SSSR count). The lowest BCUT2D eigenvalue weighted by Gasteiger charge is -2.29. The predicted molar refractivity (Wildman–Crippen MR) is 75.6 cm³/mol. The topological polar surface area (TPSA) is 75.3 Å². The Morgan fingerprint density at radius 1 is 1.44 bits per heavy atom. The van der Waals surface area contributed by atoms with Gasteiger partial charge in [-0.25, -0.2) is 0 Å². The van der Waals surface area contributed by atoms with Crippen molar-refractivity contribution in [2.24, 2.45) is 5.41 Å². The van der Waals surface area contributed by atoms with Crippen LogP contribution in [0.4, 0.5) is 11.4 Å². The normalized spacial score (nSPS) is 22.3. The van der Waals surface area contributed by atoms with Gasteiger partial charge in [-0.15, -0.1) is 0 Å². The van der Waals surface area contributed by atoms with Crippen LogP contribution in [0.5, 0.6) is 5.75 Å². The van der Waals surface area contributed by atoms with Crippen molar-refractivity contribution in [2.75, 3.05) is 16.8 Å². The molecule has 4 N–H and O–H groups in total. The van der Waals surface area contributed by atoms with E-state index in [0.717, 1.165) is 12.1 Å². The minimum Gasteiger partial charge on any atom is -0.506 e. The van der Waals surface area contributed by atoms with Crippen molar-refractivity contribution in [3.8, 4) is 5.75 Å². The van der Waals surface area contributed by atoms with Gasteiger partial charge in [0.1, 0.15) is 11.4 Å². The minimum atomic E-state index is -0.974. The van der Waals surface area contributed by atoms with Gasteiger partial charge in [0.15, 0.2) is 0 Å². The molecule has 1 heterocycles. The van der Waals surface area contributed by atoms with Gasteiger partial charge in [0.25, 0.3) is 0 Å². The van der Waals surface area contributed by atoms with Gasteiger partial charge in [-0.3, -0.25) is 4.21 Å². The lowest BCUT2D eigenvalue weighted by Crippen LogP contribution is -2.26. The number of benzene rings is 1. The SMILES string of the molecule is CC1(C)CC(Nc2c(N)cccc2O)=CS(=O)C1. The average Bonchev–Trinajstić information content (AvgIpc) is 2.21. The maximum Gasteiger partial charge on any atom is 0.141 e. The lowest BCUT2D eigenvalue weighted by atomic mass is 9.90. The van der Waals surface area contributed by atoms with Gasteiger partial charge < -0.3 is 16.2 Å². The number of para-hydroxylation sites is 1. The van der Waals surface area contributed by atoms with E-state index in [-0.39, 0.29) is 11.2 Å². The molecule has 0 fully saturated rings. The minimum absolute atomic E-state index is 0.0128. The zero-order valence-electron chi connectivity index (χ0n) is 10.6. The Bertz CT molecular complexity index is 503. The summed E-state index contributed by atoms with van der Waals surface area (Å²) in [6.07, 6.45) is 0.784. The Hall–Kier alpha value is -1.49. The van der Waals surface area contributed by atoms with Gasteiger partial charge in [0.2, 0.25) is 0 Å². The van der Waals surface area contributed by atoms with Crippen molar-refractivity contribution >= 4 is 22.2 Å².